The summed E-state index contributed by atoms with van der Waals surface area (Å²) in [7, 11) is 0. The van der Waals surface area contributed by atoms with Crippen LogP contribution in [0.2, 0.25) is 0 Å². The smallest absolute Gasteiger partial charge is 0.0144 e. The van der Waals surface area contributed by atoms with E-state index in [1.165, 1.54) is 22.3 Å². The summed E-state index contributed by atoms with van der Waals surface area (Å²) in [6, 6.07) is 8.64. The molecular formula is C14H16. The zero-order chi connectivity index (χ0) is 10.1. The largest absolute Gasteiger partial charge is 0.0958 e. The number of rotatable bonds is 1. The van der Waals surface area contributed by atoms with Gasteiger partial charge in [-0.3, -0.25) is 0 Å². The maximum absolute atomic E-state index is 4.02. The van der Waals surface area contributed by atoms with Gasteiger partial charge < -0.3 is 0 Å². The van der Waals surface area contributed by atoms with Crippen LogP contribution < -0.4 is 0 Å². The van der Waals surface area contributed by atoms with Gasteiger partial charge in [-0.15, -0.1) is 0 Å². The van der Waals surface area contributed by atoms with E-state index in [1.807, 2.05) is 0 Å². The molecule has 0 aromatic heterocycles. The van der Waals surface area contributed by atoms with E-state index in [9.17, 15) is 0 Å². The maximum Gasteiger partial charge on any atom is -0.0144 e. The van der Waals surface area contributed by atoms with E-state index in [4.69, 9.17) is 0 Å². The van der Waals surface area contributed by atoms with Crippen LogP contribution in [0.15, 0.2) is 42.0 Å². The fourth-order valence-electron chi connectivity index (χ4n) is 2.08. The van der Waals surface area contributed by atoms with Crippen LogP contribution in [0.4, 0.5) is 0 Å². The van der Waals surface area contributed by atoms with Crippen molar-refractivity contribution in [2.24, 2.45) is 0 Å². The molecule has 0 nitrogen and oxygen atoms in total. The molecular weight excluding hydrogens is 168 g/mol. The first-order chi connectivity index (χ1) is 6.68. The zero-order valence-electron chi connectivity index (χ0n) is 8.88. The minimum absolute atomic E-state index is 0.628. The topological polar surface area (TPSA) is 0 Å². The molecule has 2 rings (SSSR count). The SMILES string of the molecule is C=C(C)C1=Cc2ccccc2C(C)C1. The number of benzene rings is 1. The lowest BCUT2D eigenvalue weighted by atomic mass is 9.82. The molecule has 0 heteroatoms. The van der Waals surface area contributed by atoms with E-state index in [2.05, 4.69) is 50.8 Å². The quantitative estimate of drug-likeness (QED) is 0.615. The highest BCUT2D eigenvalue weighted by atomic mass is 14.2. The molecule has 72 valence electrons. The maximum atomic E-state index is 4.02. The molecule has 0 N–H and O–H groups in total. The molecule has 0 heterocycles. The highest BCUT2D eigenvalue weighted by Crippen LogP contribution is 2.35. The minimum Gasteiger partial charge on any atom is -0.0958 e. The molecule has 1 aromatic rings. The van der Waals surface area contributed by atoms with Gasteiger partial charge >= 0.3 is 0 Å². The highest BCUT2D eigenvalue weighted by molar-refractivity contribution is 5.64. The van der Waals surface area contributed by atoms with Crippen molar-refractivity contribution in [3.05, 3.63) is 53.1 Å². The Morgan fingerprint density at radius 2 is 2.07 bits per heavy atom. The van der Waals surface area contributed by atoms with Crippen molar-refractivity contribution in [2.75, 3.05) is 0 Å². The van der Waals surface area contributed by atoms with Gasteiger partial charge in [0.25, 0.3) is 0 Å². The molecule has 1 unspecified atom stereocenters. The molecule has 0 radical (unpaired) electrons. The highest BCUT2D eigenvalue weighted by Gasteiger charge is 2.16. The Kier molecular flexibility index (Phi) is 2.28. The van der Waals surface area contributed by atoms with Crippen molar-refractivity contribution in [3.63, 3.8) is 0 Å². The molecule has 0 spiro atoms. The minimum atomic E-state index is 0.628. The molecule has 1 aromatic carbocycles. The van der Waals surface area contributed by atoms with Crippen molar-refractivity contribution in [3.8, 4) is 0 Å². The number of hydrogen-bond donors (Lipinski definition) is 0. The monoisotopic (exact) mass is 184 g/mol. The third-order valence-corrected chi connectivity index (χ3v) is 2.93. The van der Waals surface area contributed by atoms with Crippen LogP contribution in [-0.4, -0.2) is 0 Å². The summed E-state index contributed by atoms with van der Waals surface area (Å²) < 4.78 is 0. The van der Waals surface area contributed by atoms with Gasteiger partial charge in [0.05, 0.1) is 0 Å². The Labute approximate surface area is 86.0 Å². The third-order valence-electron chi connectivity index (χ3n) is 2.93. The van der Waals surface area contributed by atoms with Gasteiger partial charge in [-0.2, -0.15) is 0 Å². The fraction of sp³-hybridized carbons (Fsp3) is 0.286. The lowest BCUT2D eigenvalue weighted by Crippen LogP contribution is -2.04. The fourth-order valence-corrected chi connectivity index (χ4v) is 2.08. The van der Waals surface area contributed by atoms with Crippen molar-refractivity contribution in [1.29, 1.82) is 0 Å². The first-order valence-electron chi connectivity index (χ1n) is 5.14. The molecule has 0 saturated heterocycles. The van der Waals surface area contributed by atoms with E-state index in [1.54, 1.807) is 0 Å². The summed E-state index contributed by atoms with van der Waals surface area (Å²) in [6.45, 7) is 8.39. The van der Waals surface area contributed by atoms with Crippen LogP contribution in [0.3, 0.4) is 0 Å². The van der Waals surface area contributed by atoms with Crippen LogP contribution in [0.25, 0.3) is 6.08 Å². The van der Waals surface area contributed by atoms with Gasteiger partial charge in [0, 0.05) is 0 Å². The molecule has 0 saturated carbocycles. The number of allylic oxidation sites excluding steroid dienone is 2. The van der Waals surface area contributed by atoms with E-state index in [0.29, 0.717) is 5.92 Å². The van der Waals surface area contributed by atoms with Crippen LogP contribution in [-0.2, 0) is 0 Å². The summed E-state index contributed by atoms with van der Waals surface area (Å²) in [5.74, 6) is 0.628. The molecule has 1 aliphatic carbocycles. The summed E-state index contributed by atoms with van der Waals surface area (Å²) in [6.07, 6.45) is 3.41. The predicted octanol–water partition coefficient (Wildman–Crippen LogP) is 4.15. The van der Waals surface area contributed by atoms with Crippen LogP contribution in [0.5, 0.6) is 0 Å². The van der Waals surface area contributed by atoms with Crippen LogP contribution in [0, 0.1) is 0 Å². The van der Waals surface area contributed by atoms with Gasteiger partial charge in [-0.05, 0) is 36.0 Å². The zero-order valence-corrected chi connectivity index (χ0v) is 8.88. The Morgan fingerprint density at radius 1 is 1.36 bits per heavy atom. The normalized spacial score (nSPS) is 19.9. The third kappa shape index (κ3) is 1.52. The van der Waals surface area contributed by atoms with Crippen molar-refractivity contribution >= 4 is 6.08 Å². The van der Waals surface area contributed by atoms with Gasteiger partial charge in [0.2, 0.25) is 0 Å². The van der Waals surface area contributed by atoms with E-state index in [-0.39, 0.29) is 0 Å². The molecule has 14 heavy (non-hydrogen) atoms. The Bertz CT molecular complexity index is 396. The van der Waals surface area contributed by atoms with Crippen molar-refractivity contribution in [1.82, 2.24) is 0 Å². The van der Waals surface area contributed by atoms with Gasteiger partial charge in [0.15, 0.2) is 0 Å². The van der Waals surface area contributed by atoms with E-state index >= 15 is 0 Å². The van der Waals surface area contributed by atoms with Gasteiger partial charge in [0.1, 0.15) is 0 Å². The van der Waals surface area contributed by atoms with Crippen LogP contribution >= 0.6 is 0 Å². The molecule has 0 bridgehead atoms. The Hall–Kier alpha value is -1.30. The average Bonchev–Trinajstić information content (AvgIpc) is 2.17. The van der Waals surface area contributed by atoms with Crippen molar-refractivity contribution < 1.29 is 0 Å². The molecule has 0 amide bonds. The van der Waals surface area contributed by atoms with E-state index < -0.39 is 0 Å². The summed E-state index contributed by atoms with van der Waals surface area (Å²) >= 11 is 0. The average molecular weight is 184 g/mol. The summed E-state index contributed by atoms with van der Waals surface area (Å²) in [5.41, 5.74) is 5.43. The second kappa shape index (κ2) is 3.45. The second-order valence-electron chi connectivity index (χ2n) is 4.18. The molecule has 1 atom stereocenters. The molecule has 1 aliphatic rings. The summed E-state index contributed by atoms with van der Waals surface area (Å²) in [5, 5.41) is 0. The lowest BCUT2D eigenvalue weighted by Gasteiger charge is -2.22. The standard InChI is InChI=1S/C14H16/c1-10(2)13-8-11(3)14-7-5-4-6-12(14)9-13/h4-7,9,11H,1,8H2,2-3H3. The van der Waals surface area contributed by atoms with Crippen LogP contribution in [0.1, 0.15) is 37.3 Å². The molecule has 0 fully saturated rings. The van der Waals surface area contributed by atoms with E-state index in [0.717, 1.165) is 6.42 Å². The van der Waals surface area contributed by atoms with Gasteiger partial charge in [-0.1, -0.05) is 49.4 Å². The van der Waals surface area contributed by atoms with Crippen molar-refractivity contribution in [2.45, 2.75) is 26.2 Å². The summed E-state index contributed by atoms with van der Waals surface area (Å²) in [4.78, 5) is 0. The predicted molar refractivity (Wildman–Crippen MR) is 62.3 cm³/mol. The van der Waals surface area contributed by atoms with Gasteiger partial charge in [-0.25, -0.2) is 0 Å². The molecule has 0 aliphatic heterocycles. The first kappa shape index (κ1) is 9.26. The Balaban J connectivity index is 2.50. The number of hydrogen-bond acceptors (Lipinski definition) is 0. The second-order valence-corrected chi connectivity index (χ2v) is 4.18. The number of fused-ring (bicyclic) bond motifs is 1. The lowest BCUT2D eigenvalue weighted by molar-refractivity contribution is 0.747. The first-order valence-corrected chi connectivity index (χ1v) is 5.14. The Morgan fingerprint density at radius 3 is 2.79 bits per heavy atom.